The third-order valence-corrected chi connectivity index (χ3v) is 9.01. The van der Waals surface area contributed by atoms with Crippen molar-refractivity contribution in [3.05, 3.63) is 60.8 Å². The molecule has 0 aromatic rings. The Bertz CT molecular complexity index is 720. The molecule has 188 valence electrons. The molecule has 0 heteroatoms. The van der Waals surface area contributed by atoms with Gasteiger partial charge in [-0.05, 0) is 85.5 Å². The Morgan fingerprint density at radius 2 is 1.45 bits per heavy atom. The lowest BCUT2D eigenvalue weighted by Gasteiger charge is -2.37. The first-order valence-corrected chi connectivity index (χ1v) is 13.5. The smallest absolute Gasteiger partial charge is 0.00998 e. The molecule has 0 heterocycles. The number of allylic oxidation sites excluding steroid dienone is 5. The van der Waals surface area contributed by atoms with E-state index in [1.807, 2.05) is 0 Å². The van der Waals surface area contributed by atoms with Crippen LogP contribution in [0.2, 0.25) is 0 Å². The first-order valence-electron chi connectivity index (χ1n) is 13.5. The molecule has 1 aliphatic rings. The Hall–Kier alpha value is -1.30. The van der Waals surface area contributed by atoms with E-state index in [4.69, 9.17) is 6.58 Å². The van der Waals surface area contributed by atoms with Crippen molar-refractivity contribution in [2.75, 3.05) is 0 Å². The molecule has 0 amide bonds. The third-order valence-electron chi connectivity index (χ3n) is 9.01. The van der Waals surface area contributed by atoms with Gasteiger partial charge in [-0.25, -0.2) is 0 Å². The molecule has 0 radical (unpaired) electrons. The lowest BCUT2D eigenvalue weighted by Crippen LogP contribution is -2.26. The summed E-state index contributed by atoms with van der Waals surface area (Å²) in [4.78, 5) is 0. The van der Waals surface area contributed by atoms with Gasteiger partial charge in [0.2, 0.25) is 0 Å². The molecule has 1 saturated carbocycles. The summed E-state index contributed by atoms with van der Waals surface area (Å²) in [6, 6.07) is 0. The van der Waals surface area contributed by atoms with Gasteiger partial charge in [-0.2, -0.15) is 0 Å². The maximum absolute atomic E-state index is 4.78. The van der Waals surface area contributed by atoms with E-state index in [1.54, 1.807) is 0 Å². The Kier molecular flexibility index (Phi) is 11.2. The van der Waals surface area contributed by atoms with Crippen molar-refractivity contribution < 1.29 is 0 Å². The highest BCUT2D eigenvalue weighted by Gasteiger charge is 2.34. The third kappa shape index (κ3) is 8.77. The van der Waals surface area contributed by atoms with Gasteiger partial charge in [0.15, 0.2) is 0 Å². The monoisotopic (exact) mass is 452 g/mol. The maximum atomic E-state index is 4.78. The fourth-order valence-corrected chi connectivity index (χ4v) is 5.27. The number of hydrogen-bond donors (Lipinski definition) is 0. The topological polar surface area (TPSA) is 0 Å². The molecular weight excluding hydrogens is 396 g/mol. The van der Waals surface area contributed by atoms with Crippen molar-refractivity contribution in [1.82, 2.24) is 0 Å². The summed E-state index contributed by atoms with van der Waals surface area (Å²) < 4.78 is 0. The SMILES string of the molecule is C=C(C)C(=C)C(CC1CC1)C(C)C(=C)C(CC(=C)C(C)C(C)(C)C)CC(CC)C(C)C(=C)C. The minimum absolute atomic E-state index is 0.229. The second-order valence-electron chi connectivity index (χ2n) is 12.6. The summed E-state index contributed by atoms with van der Waals surface area (Å²) in [5.74, 6) is 3.81. The summed E-state index contributed by atoms with van der Waals surface area (Å²) in [6.07, 6.45) is 7.36. The molecule has 1 fully saturated rings. The van der Waals surface area contributed by atoms with Crippen LogP contribution >= 0.6 is 0 Å². The Balaban J connectivity index is 3.23. The van der Waals surface area contributed by atoms with Crippen LogP contribution in [0, 0.1) is 46.8 Å². The quantitative estimate of drug-likeness (QED) is 0.171. The van der Waals surface area contributed by atoms with Gasteiger partial charge in [0.05, 0.1) is 0 Å². The predicted molar refractivity (Wildman–Crippen MR) is 151 cm³/mol. The summed E-state index contributed by atoms with van der Waals surface area (Å²) in [5.41, 5.74) is 6.66. The summed E-state index contributed by atoms with van der Waals surface area (Å²) >= 11 is 0. The van der Waals surface area contributed by atoms with Gasteiger partial charge in [0.1, 0.15) is 0 Å². The van der Waals surface area contributed by atoms with E-state index in [-0.39, 0.29) is 5.41 Å². The van der Waals surface area contributed by atoms with E-state index in [9.17, 15) is 0 Å². The van der Waals surface area contributed by atoms with E-state index < -0.39 is 0 Å². The second-order valence-corrected chi connectivity index (χ2v) is 12.6. The van der Waals surface area contributed by atoms with Gasteiger partial charge in [0.25, 0.3) is 0 Å². The summed E-state index contributed by atoms with van der Waals surface area (Å²) in [5, 5.41) is 0. The van der Waals surface area contributed by atoms with Crippen molar-refractivity contribution in [3.63, 3.8) is 0 Å². The Morgan fingerprint density at radius 3 is 1.85 bits per heavy atom. The largest absolute Gasteiger partial charge is 0.0999 e. The van der Waals surface area contributed by atoms with Crippen molar-refractivity contribution in [2.45, 2.75) is 101 Å². The summed E-state index contributed by atoms with van der Waals surface area (Å²) in [6.45, 7) is 43.1. The lowest BCUT2D eigenvalue weighted by atomic mass is 9.68. The lowest BCUT2D eigenvalue weighted by molar-refractivity contribution is 0.266. The van der Waals surface area contributed by atoms with Crippen molar-refractivity contribution >= 4 is 0 Å². The van der Waals surface area contributed by atoms with E-state index in [0.29, 0.717) is 35.5 Å². The maximum Gasteiger partial charge on any atom is -0.00998 e. The van der Waals surface area contributed by atoms with E-state index >= 15 is 0 Å². The van der Waals surface area contributed by atoms with Crippen LogP contribution in [0.1, 0.15) is 101 Å². The Labute approximate surface area is 208 Å². The average molecular weight is 453 g/mol. The van der Waals surface area contributed by atoms with Crippen molar-refractivity contribution in [3.8, 4) is 0 Å². The van der Waals surface area contributed by atoms with Gasteiger partial charge in [-0.3, -0.25) is 0 Å². The van der Waals surface area contributed by atoms with Crippen LogP contribution in [-0.2, 0) is 0 Å². The predicted octanol–water partition coefficient (Wildman–Crippen LogP) is 10.6. The van der Waals surface area contributed by atoms with Crippen LogP contribution < -0.4 is 0 Å². The van der Waals surface area contributed by atoms with Gasteiger partial charge in [-0.15, -0.1) is 0 Å². The molecule has 0 spiro atoms. The minimum Gasteiger partial charge on any atom is -0.0999 e. The molecule has 0 bridgehead atoms. The molecule has 0 saturated heterocycles. The van der Waals surface area contributed by atoms with Crippen LogP contribution in [0.25, 0.3) is 0 Å². The van der Waals surface area contributed by atoms with E-state index in [2.05, 4.69) is 88.6 Å². The van der Waals surface area contributed by atoms with Crippen LogP contribution in [-0.4, -0.2) is 0 Å². The van der Waals surface area contributed by atoms with E-state index in [1.165, 1.54) is 54.4 Å². The molecule has 0 aliphatic heterocycles. The highest BCUT2D eigenvalue weighted by atomic mass is 14.4. The molecule has 0 N–H and O–H groups in total. The molecule has 1 aliphatic carbocycles. The van der Waals surface area contributed by atoms with E-state index in [0.717, 1.165) is 17.9 Å². The average Bonchev–Trinajstić information content (AvgIpc) is 3.55. The zero-order valence-corrected chi connectivity index (χ0v) is 23.8. The molecular formula is C33H56. The van der Waals surface area contributed by atoms with Gasteiger partial charge >= 0.3 is 0 Å². The van der Waals surface area contributed by atoms with Crippen LogP contribution in [0.3, 0.4) is 0 Å². The molecule has 6 atom stereocenters. The molecule has 0 aromatic carbocycles. The first-order chi connectivity index (χ1) is 15.1. The fourth-order valence-electron chi connectivity index (χ4n) is 5.27. The molecule has 33 heavy (non-hydrogen) atoms. The van der Waals surface area contributed by atoms with Crippen LogP contribution in [0.5, 0.6) is 0 Å². The van der Waals surface area contributed by atoms with Crippen molar-refractivity contribution in [2.24, 2.45) is 46.8 Å². The minimum atomic E-state index is 0.229. The van der Waals surface area contributed by atoms with Gasteiger partial charge in [0, 0.05) is 0 Å². The van der Waals surface area contributed by atoms with Crippen LogP contribution in [0.15, 0.2) is 60.8 Å². The number of rotatable bonds is 15. The molecule has 6 unspecified atom stereocenters. The standard InChI is InChI=1S/C33H56/c1-15-30(24(7)21(2)3)20-31(18-23(6)28(11)33(12,13)14)26(9)27(10)32(19-29-16-17-29)25(8)22(4)5/h24,27-32H,2,4,6,8-9,15-20H2,1,3,5,7,10-14H3. The highest BCUT2D eigenvalue weighted by Crippen LogP contribution is 2.46. The fraction of sp³-hybridized carbons (Fsp3) is 0.697. The first kappa shape index (κ1) is 29.7. The highest BCUT2D eigenvalue weighted by molar-refractivity contribution is 5.29. The Morgan fingerprint density at radius 1 is 0.909 bits per heavy atom. The van der Waals surface area contributed by atoms with Gasteiger partial charge in [-0.1, -0.05) is 123 Å². The summed E-state index contributed by atoms with van der Waals surface area (Å²) in [7, 11) is 0. The zero-order valence-electron chi connectivity index (χ0n) is 23.8. The number of hydrogen-bond acceptors (Lipinski definition) is 0. The molecule has 1 rings (SSSR count). The van der Waals surface area contributed by atoms with Crippen molar-refractivity contribution in [1.29, 1.82) is 0 Å². The van der Waals surface area contributed by atoms with Gasteiger partial charge < -0.3 is 0 Å². The normalized spacial score (nSPS) is 19.7. The zero-order chi connectivity index (χ0) is 25.7. The second kappa shape index (κ2) is 12.4. The molecule has 0 aromatic heterocycles. The molecule has 0 nitrogen and oxygen atoms in total. The van der Waals surface area contributed by atoms with Crippen LogP contribution in [0.4, 0.5) is 0 Å².